The molecular weight excluding hydrogens is 290 g/mol. The van der Waals surface area contributed by atoms with E-state index in [9.17, 15) is 13.5 Å². The largest absolute Gasteiger partial charge is 0.496 e. The number of aryl methyl sites for hydroxylation is 1. The highest BCUT2D eigenvalue weighted by molar-refractivity contribution is 7.89. The molecule has 1 aromatic carbocycles. The van der Waals surface area contributed by atoms with Gasteiger partial charge in [0.15, 0.2) is 0 Å². The lowest BCUT2D eigenvalue weighted by Gasteiger charge is -2.36. The van der Waals surface area contributed by atoms with Crippen LogP contribution in [0.15, 0.2) is 23.1 Å². The summed E-state index contributed by atoms with van der Waals surface area (Å²) in [5.74, 6) is 0.656. The lowest BCUT2D eigenvalue weighted by atomic mass is 9.83. The SMILES string of the molecule is COc1ccc(S(=O)(=O)NC2(CO)CCCCC2)cc1C. The van der Waals surface area contributed by atoms with Crippen molar-refractivity contribution in [1.82, 2.24) is 4.72 Å². The zero-order valence-electron chi connectivity index (χ0n) is 12.6. The summed E-state index contributed by atoms with van der Waals surface area (Å²) in [6.07, 6.45) is 4.32. The Hall–Kier alpha value is -1.11. The number of nitrogens with one attached hydrogen (secondary N) is 1. The standard InChI is InChI=1S/C15H23NO4S/c1-12-10-13(6-7-14(12)20-2)21(18,19)16-15(11-17)8-4-3-5-9-15/h6-7,10,16-17H,3-5,8-9,11H2,1-2H3. The summed E-state index contributed by atoms with van der Waals surface area (Å²) in [4.78, 5) is 0.208. The predicted octanol–water partition coefficient (Wildman–Crippen LogP) is 1.98. The van der Waals surface area contributed by atoms with Crippen LogP contribution in [0.3, 0.4) is 0 Å². The van der Waals surface area contributed by atoms with Crippen LogP contribution in [0.5, 0.6) is 5.75 Å². The van der Waals surface area contributed by atoms with Crippen LogP contribution in [0.2, 0.25) is 0 Å². The monoisotopic (exact) mass is 313 g/mol. The number of hydrogen-bond donors (Lipinski definition) is 2. The van der Waals surface area contributed by atoms with Gasteiger partial charge < -0.3 is 9.84 Å². The molecule has 1 aliphatic carbocycles. The van der Waals surface area contributed by atoms with Crippen LogP contribution in [0.4, 0.5) is 0 Å². The van der Waals surface area contributed by atoms with Crippen molar-refractivity contribution in [2.45, 2.75) is 49.5 Å². The third-order valence-corrected chi connectivity index (χ3v) is 5.72. The van der Waals surface area contributed by atoms with Crippen LogP contribution in [0, 0.1) is 6.92 Å². The molecular formula is C15H23NO4S. The maximum absolute atomic E-state index is 12.6. The van der Waals surface area contributed by atoms with E-state index in [1.54, 1.807) is 26.2 Å². The van der Waals surface area contributed by atoms with Gasteiger partial charge in [0.1, 0.15) is 5.75 Å². The molecule has 0 aromatic heterocycles. The van der Waals surface area contributed by atoms with Crippen LogP contribution >= 0.6 is 0 Å². The summed E-state index contributed by atoms with van der Waals surface area (Å²) < 4.78 is 33.0. The van der Waals surface area contributed by atoms with E-state index in [0.29, 0.717) is 18.6 Å². The molecule has 1 aromatic rings. The van der Waals surface area contributed by atoms with Crippen LogP contribution in [-0.4, -0.2) is 32.8 Å². The molecule has 1 fully saturated rings. The number of ether oxygens (including phenoxy) is 1. The van der Waals surface area contributed by atoms with E-state index in [2.05, 4.69) is 4.72 Å². The number of aliphatic hydroxyl groups excluding tert-OH is 1. The van der Waals surface area contributed by atoms with Crippen molar-refractivity contribution < 1.29 is 18.3 Å². The highest BCUT2D eigenvalue weighted by Crippen LogP contribution is 2.30. The van der Waals surface area contributed by atoms with Gasteiger partial charge in [-0.25, -0.2) is 13.1 Å². The molecule has 0 aliphatic heterocycles. The summed E-state index contributed by atoms with van der Waals surface area (Å²) >= 11 is 0. The fourth-order valence-corrected chi connectivity index (χ4v) is 4.42. The molecule has 0 radical (unpaired) electrons. The van der Waals surface area contributed by atoms with Gasteiger partial charge in [0.25, 0.3) is 0 Å². The average Bonchev–Trinajstić information content (AvgIpc) is 2.47. The maximum Gasteiger partial charge on any atom is 0.241 e. The number of hydrogen-bond acceptors (Lipinski definition) is 4. The second kappa shape index (κ2) is 6.34. The average molecular weight is 313 g/mol. The molecule has 2 N–H and O–H groups in total. The van der Waals surface area contributed by atoms with Crippen molar-refractivity contribution in [3.05, 3.63) is 23.8 Å². The molecule has 5 nitrogen and oxygen atoms in total. The Balaban J connectivity index is 2.27. The number of sulfonamides is 1. The van der Waals surface area contributed by atoms with E-state index in [4.69, 9.17) is 4.74 Å². The molecule has 0 bridgehead atoms. The molecule has 1 aliphatic rings. The van der Waals surface area contributed by atoms with Crippen molar-refractivity contribution in [2.75, 3.05) is 13.7 Å². The van der Waals surface area contributed by atoms with E-state index in [1.807, 2.05) is 0 Å². The molecule has 0 heterocycles. The summed E-state index contributed by atoms with van der Waals surface area (Å²) in [5.41, 5.74) is 0.0485. The van der Waals surface area contributed by atoms with E-state index < -0.39 is 15.6 Å². The van der Waals surface area contributed by atoms with Gasteiger partial charge >= 0.3 is 0 Å². The fourth-order valence-electron chi connectivity index (χ4n) is 2.88. The van der Waals surface area contributed by atoms with Crippen LogP contribution in [0.1, 0.15) is 37.7 Å². The topological polar surface area (TPSA) is 75.6 Å². The Kier molecular flexibility index (Phi) is 4.91. The highest BCUT2D eigenvalue weighted by Gasteiger charge is 2.36. The Morgan fingerprint density at radius 3 is 2.48 bits per heavy atom. The Morgan fingerprint density at radius 1 is 1.29 bits per heavy atom. The highest BCUT2D eigenvalue weighted by atomic mass is 32.2. The normalized spacial score (nSPS) is 18.4. The summed E-state index contributed by atoms with van der Waals surface area (Å²) in [7, 11) is -2.09. The van der Waals surface area contributed by atoms with Gasteiger partial charge in [0.2, 0.25) is 10.0 Å². The Morgan fingerprint density at radius 2 is 1.95 bits per heavy atom. The van der Waals surface area contributed by atoms with Crippen molar-refractivity contribution >= 4 is 10.0 Å². The van der Waals surface area contributed by atoms with Gasteiger partial charge in [0.05, 0.1) is 24.2 Å². The molecule has 118 valence electrons. The van der Waals surface area contributed by atoms with Crippen molar-refractivity contribution in [3.8, 4) is 5.75 Å². The van der Waals surface area contributed by atoms with Gasteiger partial charge in [-0.3, -0.25) is 0 Å². The number of methoxy groups -OCH3 is 1. The fraction of sp³-hybridized carbons (Fsp3) is 0.600. The second-order valence-corrected chi connectivity index (χ2v) is 7.42. The summed E-state index contributed by atoms with van der Waals surface area (Å²) in [6.45, 7) is 1.64. The molecule has 6 heteroatoms. The third kappa shape index (κ3) is 3.56. The predicted molar refractivity (Wildman–Crippen MR) is 81.0 cm³/mol. The van der Waals surface area contributed by atoms with Gasteiger partial charge in [0, 0.05) is 0 Å². The Labute approximate surface area is 126 Å². The second-order valence-electron chi connectivity index (χ2n) is 5.74. The number of benzene rings is 1. The lowest BCUT2D eigenvalue weighted by Crippen LogP contribution is -2.52. The van der Waals surface area contributed by atoms with Crippen LogP contribution < -0.4 is 9.46 Å². The quantitative estimate of drug-likeness (QED) is 0.871. The molecule has 1 saturated carbocycles. The molecule has 2 rings (SSSR count). The minimum atomic E-state index is -3.64. The summed E-state index contributed by atoms with van der Waals surface area (Å²) in [5, 5.41) is 9.64. The first kappa shape index (κ1) is 16.3. The van der Waals surface area contributed by atoms with Gasteiger partial charge in [-0.05, 0) is 43.5 Å². The zero-order chi connectivity index (χ0) is 15.5. The molecule has 0 unspecified atom stereocenters. The van der Waals surface area contributed by atoms with Crippen LogP contribution in [-0.2, 0) is 10.0 Å². The molecule has 0 amide bonds. The number of rotatable bonds is 5. The molecule has 0 spiro atoms. The van der Waals surface area contributed by atoms with Gasteiger partial charge in [-0.2, -0.15) is 0 Å². The first-order valence-electron chi connectivity index (χ1n) is 7.22. The number of aliphatic hydroxyl groups is 1. The Bertz CT molecular complexity index is 592. The van der Waals surface area contributed by atoms with E-state index in [0.717, 1.165) is 24.8 Å². The smallest absolute Gasteiger partial charge is 0.241 e. The minimum Gasteiger partial charge on any atom is -0.496 e. The van der Waals surface area contributed by atoms with Crippen molar-refractivity contribution in [1.29, 1.82) is 0 Å². The maximum atomic E-state index is 12.6. The summed E-state index contributed by atoms with van der Waals surface area (Å²) in [6, 6.07) is 4.77. The van der Waals surface area contributed by atoms with E-state index in [1.165, 1.54) is 6.07 Å². The van der Waals surface area contributed by atoms with Crippen LogP contribution in [0.25, 0.3) is 0 Å². The van der Waals surface area contributed by atoms with Crippen molar-refractivity contribution in [3.63, 3.8) is 0 Å². The first-order chi connectivity index (χ1) is 9.92. The molecule has 21 heavy (non-hydrogen) atoms. The first-order valence-corrected chi connectivity index (χ1v) is 8.70. The minimum absolute atomic E-state index is 0.165. The van der Waals surface area contributed by atoms with Crippen molar-refractivity contribution in [2.24, 2.45) is 0 Å². The van der Waals surface area contributed by atoms with Gasteiger partial charge in [-0.1, -0.05) is 19.3 Å². The lowest BCUT2D eigenvalue weighted by molar-refractivity contribution is 0.142. The molecule has 0 atom stereocenters. The third-order valence-electron chi connectivity index (χ3n) is 4.14. The van der Waals surface area contributed by atoms with Gasteiger partial charge in [-0.15, -0.1) is 0 Å². The van der Waals surface area contributed by atoms with E-state index >= 15 is 0 Å². The molecule has 0 saturated heterocycles. The van der Waals surface area contributed by atoms with E-state index in [-0.39, 0.29) is 11.5 Å². The zero-order valence-corrected chi connectivity index (χ0v) is 13.4.